The van der Waals surface area contributed by atoms with Crippen LogP contribution in [-0.2, 0) is 23.9 Å². The van der Waals surface area contributed by atoms with Gasteiger partial charge in [0.05, 0.1) is 18.5 Å². The SMILES string of the molecule is CN1CCN(c2nc(-c3ccc(C4=NC5(CCCCC5)C(=O)O4)cc3)cs2)CC1.COC(=O)[C@H](CCSC)NC(=O)C1(NC(=O)c2ccc(-c3csc(N4CCN(C)CC4)n3)cc2)CCCCC1. The van der Waals surface area contributed by atoms with E-state index in [-0.39, 0.29) is 17.8 Å². The van der Waals surface area contributed by atoms with E-state index in [0.29, 0.717) is 36.5 Å². The first kappa shape index (κ1) is 49.5. The number of cyclic esters (lactones) is 1. The molecule has 2 saturated carbocycles. The summed E-state index contributed by atoms with van der Waals surface area (Å²) in [6, 6.07) is 14.7. The monoisotopic (exact) mass is 983 g/mol. The number of anilines is 2. The summed E-state index contributed by atoms with van der Waals surface area (Å²) in [4.78, 5) is 75.3. The normalized spacial score (nSPS) is 19.9. The van der Waals surface area contributed by atoms with Crippen LogP contribution in [0.1, 0.15) is 86.6 Å². The number of nitrogens with one attached hydrogen (secondary N) is 2. The molecule has 4 fully saturated rings. The quantitative estimate of drug-likeness (QED) is 0.132. The van der Waals surface area contributed by atoms with Gasteiger partial charge in [0.1, 0.15) is 11.6 Å². The van der Waals surface area contributed by atoms with Gasteiger partial charge in [0.2, 0.25) is 11.8 Å². The van der Waals surface area contributed by atoms with Crippen molar-refractivity contribution < 1.29 is 28.7 Å². The van der Waals surface area contributed by atoms with Gasteiger partial charge in [-0.25, -0.2) is 24.5 Å². The number of carbonyl (C=O) groups is 4. The van der Waals surface area contributed by atoms with Crippen LogP contribution in [0.15, 0.2) is 64.3 Å². The first-order valence-electron chi connectivity index (χ1n) is 24.0. The fraction of sp³-hybridized carbons (Fsp3) is 0.540. The van der Waals surface area contributed by atoms with Gasteiger partial charge in [0.15, 0.2) is 15.8 Å². The van der Waals surface area contributed by atoms with Gasteiger partial charge >= 0.3 is 11.9 Å². The number of hydrogen-bond donors (Lipinski definition) is 2. The highest BCUT2D eigenvalue weighted by Gasteiger charge is 2.47. The number of methoxy groups -OCH3 is 1. The van der Waals surface area contributed by atoms with Crippen LogP contribution in [0.2, 0.25) is 0 Å². The number of amides is 2. The molecule has 2 aromatic carbocycles. The summed E-state index contributed by atoms with van der Waals surface area (Å²) < 4.78 is 10.5. The molecule has 5 aliphatic rings. The molecule has 5 heterocycles. The molecule has 15 nitrogen and oxygen atoms in total. The van der Waals surface area contributed by atoms with Crippen molar-refractivity contribution in [3.8, 4) is 22.5 Å². The van der Waals surface area contributed by atoms with Crippen molar-refractivity contribution in [1.82, 2.24) is 30.4 Å². The van der Waals surface area contributed by atoms with E-state index in [1.165, 1.54) is 13.5 Å². The lowest BCUT2D eigenvalue weighted by Crippen LogP contribution is -2.62. The van der Waals surface area contributed by atoms with Crippen LogP contribution in [0.3, 0.4) is 0 Å². The molecular weight excluding hydrogens is 919 g/mol. The van der Waals surface area contributed by atoms with E-state index >= 15 is 0 Å². The summed E-state index contributed by atoms with van der Waals surface area (Å²) in [7, 11) is 5.62. The lowest BCUT2D eigenvalue weighted by molar-refractivity contribution is -0.146. The van der Waals surface area contributed by atoms with Crippen molar-refractivity contribution in [1.29, 1.82) is 0 Å². The topological polar surface area (TPSA) is 162 Å². The molecule has 2 N–H and O–H groups in total. The molecule has 0 radical (unpaired) electrons. The molecule has 3 aliphatic heterocycles. The lowest BCUT2D eigenvalue weighted by atomic mass is 9.80. The molecule has 2 aliphatic carbocycles. The van der Waals surface area contributed by atoms with Crippen molar-refractivity contribution >= 4 is 74.3 Å². The summed E-state index contributed by atoms with van der Waals surface area (Å²) in [6.07, 6.45) is 11.1. The Labute approximate surface area is 412 Å². The third kappa shape index (κ3) is 11.7. The molecule has 0 bridgehead atoms. The molecule has 2 saturated heterocycles. The Morgan fingerprint density at radius 2 is 1.24 bits per heavy atom. The molecule has 4 aromatic rings. The lowest BCUT2D eigenvalue weighted by Gasteiger charge is -2.37. The number of benzene rings is 2. The molecule has 68 heavy (non-hydrogen) atoms. The maximum absolute atomic E-state index is 13.5. The number of piperazine rings is 2. The fourth-order valence-corrected chi connectivity index (χ4v) is 11.7. The van der Waals surface area contributed by atoms with Crippen LogP contribution in [0.4, 0.5) is 10.3 Å². The van der Waals surface area contributed by atoms with Crippen LogP contribution >= 0.6 is 34.4 Å². The van der Waals surface area contributed by atoms with Crippen molar-refractivity contribution in [2.45, 2.75) is 87.7 Å². The first-order valence-corrected chi connectivity index (χ1v) is 27.1. The fourth-order valence-electron chi connectivity index (χ4n) is 9.45. The molecule has 364 valence electrons. The van der Waals surface area contributed by atoms with Crippen LogP contribution in [0.25, 0.3) is 22.5 Å². The van der Waals surface area contributed by atoms with Crippen molar-refractivity contribution in [2.75, 3.05) is 95.4 Å². The van der Waals surface area contributed by atoms with Gasteiger partial charge in [-0.05, 0) is 82.5 Å². The van der Waals surface area contributed by atoms with E-state index in [9.17, 15) is 19.2 Å². The Kier molecular flexibility index (Phi) is 16.5. The minimum atomic E-state index is -1.05. The van der Waals surface area contributed by atoms with Gasteiger partial charge in [-0.2, -0.15) is 11.8 Å². The van der Waals surface area contributed by atoms with E-state index in [0.717, 1.165) is 136 Å². The summed E-state index contributed by atoms with van der Waals surface area (Å²) in [5.74, 6) is -0.0754. The largest absolute Gasteiger partial charge is 0.467 e. The predicted molar refractivity (Wildman–Crippen MR) is 273 cm³/mol. The van der Waals surface area contributed by atoms with Crippen LogP contribution in [-0.4, -0.2) is 152 Å². The molecule has 0 unspecified atom stereocenters. The van der Waals surface area contributed by atoms with E-state index in [2.05, 4.69) is 55.1 Å². The summed E-state index contributed by atoms with van der Waals surface area (Å²) in [5.41, 5.74) is 3.57. The van der Waals surface area contributed by atoms with E-state index < -0.39 is 23.1 Å². The Morgan fingerprint density at radius 3 is 1.75 bits per heavy atom. The molecule has 1 spiro atoms. The van der Waals surface area contributed by atoms with Crippen LogP contribution in [0.5, 0.6) is 0 Å². The van der Waals surface area contributed by atoms with Gasteiger partial charge in [-0.3, -0.25) is 9.59 Å². The zero-order valence-electron chi connectivity index (χ0n) is 39.8. The van der Waals surface area contributed by atoms with Gasteiger partial charge in [-0.1, -0.05) is 62.8 Å². The number of nitrogens with zero attached hydrogens (tertiary/aromatic N) is 7. The number of ether oxygens (including phenoxy) is 2. The van der Waals surface area contributed by atoms with E-state index in [4.69, 9.17) is 24.4 Å². The number of esters is 2. The Balaban J connectivity index is 0.000000191. The third-order valence-electron chi connectivity index (χ3n) is 13.9. The molecule has 18 heteroatoms. The number of likely N-dealkylation sites (N-methyl/N-ethyl adjacent to an activating group) is 2. The second-order valence-corrected chi connectivity index (χ2v) is 21.3. The minimum Gasteiger partial charge on any atom is -0.467 e. The summed E-state index contributed by atoms with van der Waals surface area (Å²) in [6.45, 7) is 8.19. The number of aromatic nitrogens is 2. The predicted octanol–water partition coefficient (Wildman–Crippen LogP) is 6.97. The number of carbonyl (C=O) groups excluding carboxylic acids is 4. The van der Waals surface area contributed by atoms with E-state index in [1.807, 2.05) is 42.7 Å². The Hall–Kier alpha value is -4.88. The zero-order valence-corrected chi connectivity index (χ0v) is 42.2. The maximum Gasteiger partial charge on any atom is 0.340 e. The average Bonchev–Trinajstić information content (AvgIpc) is 4.14. The number of thiazole rings is 2. The van der Waals surface area contributed by atoms with Crippen LogP contribution < -0.4 is 20.4 Å². The van der Waals surface area contributed by atoms with Gasteiger partial charge < -0.3 is 39.7 Å². The molecule has 1 atom stereocenters. The van der Waals surface area contributed by atoms with E-state index in [1.54, 1.807) is 46.6 Å². The zero-order chi connectivity index (χ0) is 47.7. The molecule has 9 rings (SSSR count). The number of rotatable bonds is 13. The van der Waals surface area contributed by atoms with Crippen molar-refractivity contribution in [3.63, 3.8) is 0 Å². The standard InChI is InChI=1S/C28H39N5O4S2.C22H26N4O2S/c1-32-14-16-33(17-15-32)27-30-23(19-39-27)20-7-9-21(10-8-20)24(34)31-28(12-5-4-6-13-28)26(36)29-22(11-18-38-3)25(35)37-2;1-25-11-13-26(14-12-25)21-23-18(15-29-21)16-5-7-17(8-6-16)19-24-22(20(27)28-19)9-3-2-4-10-22/h7-10,19,22H,4-6,11-18H2,1-3H3,(H,29,36)(H,31,34);5-8,15H,2-4,9-14H2,1H3/t22-;/m0./s1. The highest BCUT2D eigenvalue weighted by molar-refractivity contribution is 7.98. The maximum atomic E-state index is 13.5. The van der Waals surface area contributed by atoms with Gasteiger partial charge in [-0.15, -0.1) is 22.7 Å². The summed E-state index contributed by atoms with van der Waals surface area (Å²) in [5, 5.41) is 12.2. The van der Waals surface area contributed by atoms with Crippen LogP contribution in [0, 0.1) is 0 Å². The number of aliphatic imine (C=N–C) groups is 1. The molecule has 2 aromatic heterocycles. The smallest absolute Gasteiger partial charge is 0.340 e. The van der Waals surface area contributed by atoms with Crippen molar-refractivity contribution in [3.05, 3.63) is 70.4 Å². The Morgan fingerprint density at radius 1 is 0.735 bits per heavy atom. The second-order valence-electron chi connectivity index (χ2n) is 18.6. The van der Waals surface area contributed by atoms with Crippen molar-refractivity contribution in [2.24, 2.45) is 4.99 Å². The molecular formula is C50H65N9O6S3. The molecule has 2 amide bonds. The highest BCUT2D eigenvalue weighted by Crippen LogP contribution is 2.38. The Bertz CT molecular complexity index is 2380. The van der Waals surface area contributed by atoms with Gasteiger partial charge in [0, 0.05) is 85.4 Å². The first-order chi connectivity index (χ1) is 33.0. The second kappa shape index (κ2) is 22.7. The number of hydrogen-bond acceptors (Lipinski definition) is 16. The summed E-state index contributed by atoms with van der Waals surface area (Å²) >= 11 is 4.94. The minimum absolute atomic E-state index is 0.174. The number of thioether (sulfide) groups is 1. The average molecular weight is 984 g/mol. The van der Waals surface area contributed by atoms with Gasteiger partial charge in [0.25, 0.3) is 5.91 Å². The third-order valence-corrected chi connectivity index (χ3v) is 16.3. The highest BCUT2D eigenvalue weighted by atomic mass is 32.2.